The maximum absolute atomic E-state index is 12.3. The molecule has 25 heavy (non-hydrogen) atoms. The van der Waals surface area contributed by atoms with E-state index in [1.54, 1.807) is 0 Å². The Morgan fingerprint density at radius 3 is 2.64 bits per heavy atom. The molecule has 132 valence electrons. The van der Waals surface area contributed by atoms with Crippen LogP contribution in [0.5, 0.6) is 0 Å². The number of nitrogens with zero attached hydrogens (tertiary/aromatic N) is 2. The van der Waals surface area contributed by atoms with Crippen LogP contribution in [-0.4, -0.2) is 27.1 Å². The standard InChI is InChI=1S/C20H25N3O2/c1-12(2)18(19-22-14-7-5-6-8-15(14)23-19)21-11-13-16(24)9-20(3,4)10-17(13)25/h5-8,11-12,18,24H,9-10H2,1-4H3,(H,22,23)/t18-/m0/s1. The lowest BCUT2D eigenvalue weighted by atomic mass is 9.77. The molecule has 1 aromatic carbocycles. The Kier molecular flexibility index (Phi) is 4.50. The van der Waals surface area contributed by atoms with E-state index < -0.39 is 0 Å². The fourth-order valence-corrected chi connectivity index (χ4v) is 3.27. The highest BCUT2D eigenvalue weighted by Crippen LogP contribution is 2.35. The Balaban J connectivity index is 1.92. The van der Waals surface area contributed by atoms with Gasteiger partial charge in [0.25, 0.3) is 0 Å². The number of para-hydroxylation sites is 2. The lowest BCUT2D eigenvalue weighted by molar-refractivity contribution is -0.117. The molecule has 1 aliphatic rings. The number of aromatic nitrogens is 2. The third kappa shape index (κ3) is 3.65. The van der Waals surface area contributed by atoms with Crippen molar-refractivity contribution >= 4 is 23.0 Å². The predicted octanol–water partition coefficient (Wildman–Crippen LogP) is 4.53. The number of imidazole rings is 1. The van der Waals surface area contributed by atoms with Gasteiger partial charge in [-0.3, -0.25) is 9.79 Å². The van der Waals surface area contributed by atoms with Crippen molar-refractivity contribution in [1.82, 2.24) is 9.97 Å². The average molecular weight is 339 g/mol. The largest absolute Gasteiger partial charge is 0.511 e. The number of ketones is 1. The van der Waals surface area contributed by atoms with Gasteiger partial charge < -0.3 is 10.1 Å². The lowest BCUT2D eigenvalue weighted by Crippen LogP contribution is -2.26. The van der Waals surface area contributed by atoms with Crippen LogP contribution in [-0.2, 0) is 4.79 Å². The Labute approximate surface area is 147 Å². The van der Waals surface area contributed by atoms with E-state index in [4.69, 9.17) is 0 Å². The topological polar surface area (TPSA) is 78.3 Å². The Morgan fingerprint density at radius 2 is 2.00 bits per heavy atom. The number of carbonyl (C=O) groups is 1. The molecule has 5 heteroatoms. The molecule has 5 nitrogen and oxygen atoms in total. The zero-order chi connectivity index (χ0) is 18.2. The van der Waals surface area contributed by atoms with Gasteiger partial charge in [0.1, 0.15) is 17.6 Å². The zero-order valence-corrected chi connectivity index (χ0v) is 15.2. The van der Waals surface area contributed by atoms with Crippen molar-refractivity contribution < 1.29 is 9.90 Å². The summed E-state index contributed by atoms with van der Waals surface area (Å²) in [4.78, 5) is 24.9. The number of fused-ring (bicyclic) bond motifs is 1. The number of aromatic amines is 1. The SMILES string of the molecule is CC(C)[C@H](N=CC1=C(O)CC(C)(C)CC1=O)c1nc2ccccc2[nH]1. The minimum absolute atomic E-state index is 0.0513. The number of H-pyrrole nitrogens is 1. The van der Waals surface area contributed by atoms with E-state index in [0.717, 1.165) is 16.9 Å². The predicted molar refractivity (Wildman–Crippen MR) is 99.8 cm³/mol. The number of allylic oxidation sites excluding steroid dienone is 2. The van der Waals surface area contributed by atoms with E-state index in [1.165, 1.54) is 6.21 Å². The number of nitrogens with one attached hydrogen (secondary N) is 1. The first-order valence-electron chi connectivity index (χ1n) is 8.70. The van der Waals surface area contributed by atoms with E-state index in [9.17, 15) is 9.90 Å². The van der Waals surface area contributed by atoms with Gasteiger partial charge in [-0.25, -0.2) is 4.98 Å². The molecule has 0 radical (unpaired) electrons. The van der Waals surface area contributed by atoms with E-state index in [2.05, 4.69) is 28.8 Å². The van der Waals surface area contributed by atoms with Gasteiger partial charge in [-0.05, 0) is 23.5 Å². The van der Waals surface area contributed by atoms with Crippen LogP contribution in [0.4, 0.5) is 0 Å². The molecule has 1 atom stereocenters. The third-order valence-electron chi connectivity index (χ3n) is 4.58. The van der Waals surface area contributed by atoms with Gasteiger partial charge >= 0.3 is 0 Å². The summed E-state index contributed by atoms with van der Waals surface area (Å²) in [5.74, 6) is 1.06. The van der Waals surface area contributed by atoms with Gasteiger partial charge in [0.05, 0.1) is 16.6 Å². The monoisotopic (exact) mass is 339 g/mol. The summed E-state index contributed by atoms with van der Waals surface area (Å²) in [6, 6.07) is 7.65. The van der Waals surface area contributed by atoms with Gasteiger partial charge in [-0.1, -0.05) is 39.8 Å². The fourth-order valence-electron chi connectivity index (χ4n) is 3.27. The number of aliphatic hydroxyl groups is 1. The van der Waals surface area contributed by atoms with Gasteiger partial charge in [0, 0.05) is 19.1 Å². The van der Waals surface area contributed by atoms with Crippen LogP contribution >= 0.6 is 0 Å². The van der Waals surface area contributed by atoms with E-state index in [-0.39, 0.29) is 28.9 Å². The van der Waals surface area contributed by atoms with Crippen molar-refractivity contribution in [2.75, 3.05) is 0 Å². The second-order valence-corrected chi connectivity index (χ2v) is 7.91. The normalized spacial score (nSPS) is 19.3. The first-order valence-corrected chi connectivity index (χ1v) is 8.70. The maximum atomic E-state index is 12.3. The van der Waals surface area contributed by atoms with Crippen LogP contribution in [0.15, 0.2) is 40.6 Å². The van der Waals surface area contributed by atoms with Crippen LogP contribution in [0.1, 0.15) is 52.4 Å². The summed E-state index contributed by atoms with van der Waals surface area (Å²) in [5.41, 5.74) is 2.00. The van der Waals surface area contributed by atoms with E-state index >= 15 is 0 Å². The second kappa shape index (κ2) is 6.47. The van der Waals surface area contributed by atoms with Gasteiger partial charge in [0.15, 0.2) is 5.78 Å². The molecule has 1 aromatic heterocycles. The average Bonchev–Trinajstić information content (AvgIpc) is 2.91. The van der Waals surface area contributed by atoms with Crippen molar-refractivity contribution in [2.24, 2.45) is 16.3 Å². The lowest BCUT2D eigenvalue weighted by Gasteiger charge is -2.28. The van der Waals surface area contributed by atoms with E-state index in [0.29, 0.717) is 18.4 Å². The van der Waals surface area contributed by atoms with Crippen LogP contribution in [0.2, 0.25) is 0 Å². The molecule has 0 aliphatic heterocycles. The van der Waals surface area contributed by atoms with Crippen LogP contribution in [0, 0.1) is 11.3 Å². The number of Topliss-reactive ketones (excluding diaryl/α,β-unsaturated/α-hetero) is 1. The Bertz CT molecular complexity index is 826. The number of aliphatic imine (C=N–C) groups is 1. The van der Waals surface area contributed by atoms with Crippen molar-refractivity contribution in [1.29, 1.82) is 0 Å². The molecule has 2 aromatic rings. The molecule has 2 N–H and O–H groups in total. The van der Waals surface area contributed by atoms with Crippen molar-refractivity contribution in [3.05, 3.63) is 41.4 Å². The highest BCUT2D eigenvalue weighted by molar-refractivity contribution is 6.14. The summed E-state index contributed by atoms with van der Waals surface area (Å²) >= 11 is 0. The molecular weight excluding hydrogens is 314 g/mol. The molecule has 0 unspecified atom stereocenters. The molecule has 1 heterocycles. The summed E-state index contributed by atoms with van der Waals surface area (Å²) in [6.45, 7) is 8.10. The minimum Gasteiger partial charge on any atom is -0.511 e. The Morgan fingerprint density at radius 1 is 1.28 bits per heavy atom. The molecule has 0 saturated heterocycles. The highest BCUT2D eigenvalue weighted by Gasteiger charge is 2.32. The fraction of sp³-hybridized carbons (Fsp3) is 0.450. The number of aliphatic hydroxyl groups excluding tert-OH is 1. The van der Waals surface area contributed by atoms with Crippen molar-refractivity contribution in [3.8, 4) is 0 Å². The van der Waals surface area contributed by atoms with Gasteiger partial charge in [0.2, 0.25) is 0 Å². The molecular formula is C20H25N3O2. The summed E-state index contributed by atoms with van der Waals surface area (Å²) in [5, 5.41) is 10.3. The maximum Gasteiger partial charge on any atom is 0.168 e. The second-order valence-electron chi connectivity index (χ2n) is 7.91. The molecule has 1 aliphatic carbocycles. The van der Waals surface area contributed by atoms with Gasteiger partial charge in [-0.15, -0.1) is 0 Å². The molecule has 0 spiro atoms. The zero-order valence-electron chi connectivity index (χ0n) is 15.2. The quantitative estimate of drug-likeness (QED) is 0.803. The van der Waals surface area contributed by atoms with E-state index in [1.807, 2.05) is 38.1 Å². The molecule has 3 rings (SSSR count). The summed E-state index contributed by atoms with van der Waals surface area (Å²) in [7, 11) is 0. The number of rotatable bonds is 4. The van der Waals surface area contributed by atoms with Crippen molar-refractivity contribution in [3.63, 3.8) is 0 Å². The number of hydrogen-bond donors (Lipinski definition) is 2. The Hall–Kier alpha value is -2.43. The summed E-state index contributed by atoms with van der Waals surface area (Å²) < 4.78 is 0. The van der Waals surface area contributed by atoms with Crippen LogP contribution in [0.25, 0.3) is 11.0 Å². The van der Waals surface area contributed by atoms with Gasteiger partial charge in [-0.2, -0.15) is 0 Å². The first-order chi connectivity index (χ1) is 11.8. The molecule has 0 fully saturated rings. The molecule has 0 bridgehead atoms. The molecule has 0 amide bonds. The minimum atomic E-state index is -0.200. The first kappa shape index (κ1) is 17.4. The third-order valence-corrected chi connectivity index (χ3v) is 4.58. The summed E-state index contributed by atoms with van der Waals surface area (Å²) in [6.07, 6.45) is 2.46. The number of carbonyl (C=O) groups excluding carboxylic acids is 1. The van der Waals surface area contributed by atoms with Crippen molar-refractivity contribution in [2.45, 2.75) is 46.6 Å². The smallest absolute Gasteiger partial charge is 0.168 e. The van der Waals surface area contributed by atoms with Crippen LogP contribution in [0.3, 0.4) is 0 Å². The number of hydrogen-bond acceptors (Lipinski definition) is 4. The van der Waals surface area contributed by atoms with Crippen LogP contribution < -0.4 is 0 Å². The highest BCUT2D eigenvalue weighted by atomic mass is 16.3. The number of benzene rings is 1. The molecule has 0 saturated carbocycles.